The van der Waals surface area contributed by atoms with E-state index in [0.717, 1.165) is 22.4 Å². The molecule has 0 aliphatic rings. The molecule has 32 heavy (non-hydrogen) atoms. The topological polar surface area (TPSA) is 98.5 Å². The molecule has 0 unspecified atom stereocenters. The molecule has 0 bridgehead atoms. The van der Waals surface area contributed by atoms with Gasteiger partial charge in [-0.1, -0.05) is 30.3 Å². The van der Waals surface area contributed by atoms with E-state index >= 15 is 0 Å². The molecule has 1 heterocycles. The maximum atomic E-state index is 12.6. The molecule has 0 aliphatic heterocycles. The van der Waals surface area contributed by atoms with E-state index in [-0.39, 0.29) is 5.75 Å². The van der Waals surface area contributed by atoms with E-state index in [4.69, 9.17) is 9.15 Å². The number of aromatic nitrogens is 1. The van der Waals surface area contributed by atoms with Crippen molar-refractivity contribution < 1.29 is 22.4 Å². The SMILES string of the molecule is CCOc1ccc(CCNC(=O)CS(=O)(=O)Cc2nc(-c3ccccc3C)oc2C)cc1. The summed E-state index contributed by atoms with van der Waals surface area (Å²) in [7, 11) is -3.69. The Morgan fingerprint density at radius 1 is 1.09 bits per heavy atom. The quantitative estimate of drug-likeness (QED) is 0.500. The van der Waals surface area contributed by atoms with Crippen molar-refractivity contribution in [3.05, 3.63) is 71.1 Å². The van der Waals surface area contributed by atoms with Crippen LogP contribution in [0.5, 0.6) is 5.75 Å². The minimum atomic E-state index is -3.69. The Labute approximate surface area is 188 Å². The van der Waals surface area contributed by atoms with Gasteiger partial charge in [-0.25, -0.2) is 13.4 Å². The van der Waals surface area contributed by atoms with Crippen LogP contribution in [-0.4, -0.2) is 38.2 Å². The lowest BCUT2D eigenvalue weighted by Crippen LogP contribution is -2.32. The van der Waals surface area contributed by atoms with E-state index in [1.54, 1.807) is 6.92 Å². The summed E-state index contributed by atoms with van der Waals surface area (Å²) in [5.74, 6) is 0.132. The Hall–Kier alpha value is -3.13. The first-order valence-corrected chi connectivity index (χ1v) is 12.3. The second-order valence-corrected chi connectivity index (χ2v) is 9.61. The molecule has 0 spiro atoms. The highest BCUT2D eigenvalue weighted by Gasteiger charge is 2.22. The van der Waals surface area contributed by atoms with Gasteiger partial charge in [0.15, 0.2) is 9.84 Å². The van der Waals surface area contributed by atoms with Crippen molar-refractivity contribution in [3.63, 3.8) is 0 Å². The fraction of sp³-hybridized carbons (Fsp3) is 0.333. The molecular formula is C24H28N2O5S. The molecule has 0 fully saturated rings. The molecule has 7 nitrogen and oxygen atoms in total. The molecule has 0 atom stereocenters. The van der Waals surface area contributed by atoms with Gasteiger partial charge in [0, 0.05) is 12.1 Å². The Kier molecular flexibility index (Phi) is 7.69. The van der Waals surface area contributed by atoms with Crippen molar-refractivity contribution in [2.45, 2.75) is 32.9 Å². The molecule has 1 N–H and O–H groups in total. The highest BCUT2D eigenvalue weighted by atomic mass is 32.2. The van der Waals surface area contributed by atoms with Crippen molar-refractivity contribution in [1.82, 2.24) is 10.3 Å². The number of amides is 1. The fourth-order valence-corrected chi connectivity index (χ4v) is 4.55. The smallest absolute Gasteiger partial charge is 0.235 e. The maximum Gasteiger partial charge on any atom is 0.235 e. The standard InChI is InChI=1S/C24H28N2O5S/c1-4-30-20-11-9-19(10-12-20)13-14-25-23(27)16-32(28,29)15-22-18(3)31-24(26-22)21-8-6-5-7-17(21)2/h5-12H,4,13-16H2,1-3H3,(H,25,27). The van der Waals surface area contributed by atoms with Crippen LogP contribution in [-0.2, 0) is 26.8 Å². The van der Waals surface area contributed by atoms with Crippen LogP contribution in [0.4, 0.5) is 0 Å². The normalized spacial score (nSPS) is 11.3. The number of hydrogen-bond donors (Lipinski definition) is 1. The van der Waals surface area contributed by atoms with Gasteiger partial charge in [0.2, 0.25) is 11.8 Å². The van der Waals surface area contributed by atoms with Gasteiger partial charge >= 0.3 is 0 Å². The van der Waals surface area contributed by atoms with Gasteiger partial charge < -0.3 is 14.5 Å². The molecule has 2 aromatic carbocycles. The van der Waals surface area contributed by atoms with Gasteiger partial charge in [0.05, 0.1) is 18.1 Å². The molecule has 8 heteroatoms. The van der Waals surface area contributed by atoms with E-state index < -0.39 is 21.5 Å². The van der Waals surface area contributed by atoms with Crippen molar-refractivity contribution in [2.24, 2.45) is 0 Å². The predicted octanol–water partition coefficient (Wildman–Crippen LogP) is 3.63. The number of nitrogens with zero attached hydrogens (tertiary/aromatic N) is 1. The second-order valence-electron chi connectivity index (χ2n) is 7.55. The van der Waals surface area contributed by atoms with Crippen molar-refractivity contribution in [3.8, 4) is 17.2 Å². The summed E-state index contributed by atoms with van der Waals surface area (Å²) < 4.78 is 36.2. The Balaban J connectivity index is 1.53. The van der Waals surface area contributed by atoms with Gasteiger partial charge in [0.25, 0.3) is 0 Å². The van der Waals surface area contributed by atoms with Gasteiger partial charge in [-0.15, -0.1) is 0 Å². The lowest BCUT2D eigenvalue weighted by atomic mass is 10.1. The summed E-state index contributed by atoms with van der Waals surface area (Å²) >= 11 is 0. The van der Waals surface area contributed by atoms with E-state index in [9.17, 15) is 13.2 Å². The summed E-state index contributed by atoms with van der Waals surface area (Å²) in [6, 6.07) is 15.2. The summed E-state index contributed by atoms with van der Waals surface area (Å²) in [6.45, 7) is 6.48. The number of carbonyl (C=O) groups is 1. The van der Waals surface area contributed by atoms with Crippen LogP contribution in [0.25, 0.3) is 11.5 Å². The maximum absolute atomic E-state index is 12.6. The van der Waals surface area contributed by atoms with E-state index in [1.165, 1.54) is 0 Å². The van der Waals surface area contributed by atoms with E-state index in [0.29, 0.717) is 36.9 Å². The summed E-state index contributed by atoms with van der Waals surface area (Å²) in [5, 5.41) is 2.67. The van der Waals surface area contributed by atoms with Crippen LogP contribution < -0.4 is 10.1 Å². The minimum absolute atomic E-state index is 0.324. The zero-order chi connectivity index (χ0) is 23.1. The zero-order valence-electron chi connectivity index (χ0n) is 18.6. The predicted molar refractivity (Wildman–Crippen MR) is 123 cm³/mol. The molecule has 0 radical (unpaired) electrons. The number of hydrogen-bond acceptors (Lipinski definition) is 6. The monoisotopic (exact) mass is 456 g/mol. The average Bonchev–Trinajstić information content (AvgIpc) is 3.08. The van der Waals surface area contributed by atoms with Crippen molar-refractivity contribution in [1.29, 1.82) is 0 Å². The highest BCUT2D eigenvalue weighted by Crippen LogP contribution is 2.25. The third-order valence-electron chi connectivity index (χ3n) is 4.95. The molecule has 3 rings (SSSR count). The van der Waals surface area contributed by atoms with E-state index in [2.05, 4.69) is 10.3 Å². The molecule has 3 aromatic rings. The van der Waals surface area contributed by atoms with Crippen LogP contribution in [0, 0.1) is 13.8 Å². The van der Waals surface area contributed by atoms with Gasteiger partial charge in [0.1, 0.15) is 17.3 Å². The third kappa shape index (κ3) is 6.43. The third-order valence-corrected chi connectivity index (χ3v) is 6.36. The lowest BCUT2D eigenvalue weighted by molar-refractivity contribution is -0.118. The highest BCUT2D eigenvalue weighted by molar-refractivity contribution is 7.91. The molecule has 0 saturated heterocycles. The van der Waals surface area contributed by atoms with Crippen LogP contribution in [0.15, 0.2) is 52.9 Å². The first-order chi connectivity index (χ1) is 15.3. The average molecular weight is 457 g/mol. The summed E-state index contributed by atoms with van der Waals surface area (Å²) in [6.07, 6.45) is 0.598. The van der Waals surface area contributed by atoms with Gasteiger partial charge in [-0.3, -0.25) is 4.79 Å². The Bertz CT molecular complexity index is 1170. The van der Waals surface area contributed by atoms with E-state index in [1.807, 2.05) is 62.4 Å². The molecule has 170 valence electrons. The van der Waals surface area contributed by atoms with Crippen LogP contribution >= 0.6 is 0 Å². The van der Waals surface area contributed by atoms with Crippen molar-refractivity contribution >= 4 is 15.7 Å². The lowest BCUT2D eigenvalue weighted by Gasteiger charge is -2.07. The molecule has 0 saturated carbocycles. The summed E-state index contributed by atoms with van der Waals surface area (Å²) in [4.78, 5) is 16.5. The number of aryl methyl sites for hydroxylation is 2. The van der Waals surface area contributed by atoms with Crippen LogP contribution in [0.3, 0.4) is 0 Å². The largest absolute Gasteiger partial charge is 0.494 e. The first-order valence-electron chi connectivity index (χ1n) is 10.5. The number of oxazole rings is 1. The van der Waals surface area contributed by atoms with Gasteiger partial charge in [-0.05, 0) is 56.5 Å². The Morgan fingerprint density at radius 2 is 1.81 bits per heavy atom. The van der Waals surface area contributed by atoms with Crippen LogP contribution in [0.2, 0.25) is 0 Å². The fourth-order valence-electron chi connectivity index (χ4n) is 3.27. The molecule has 1 aromatic heterocycles. The molecular weight excluding hydrogens is 428 g/mol. The number of ether oxygens (including phenoxy) is 1. The van der Waals surface area contributed by atoms with Crippen molar-refractivity contribution in [2.75, 3.05) is 18.9 Å². The minimum Gasteiger partial charge on any atom is -0.494 e. The molecule has 1 amide bonds. The summed E-state index contributed by atoms with van der Waals surface area (Å²) in [5.41, 5.74) is 3.14. The van der Waals surface area contributed by atoms with Crippen LogP contribution in [0.1, 0.15) is 29.5 Å². The zero-order valence-corrected chi connectivity index (χ0v) is 19.4. The first kappa shape index (κ1) is 23.5. The second kappa shape index (κ2) is 10.5. The number of carbonyl (C=O) groups excluding carboxylic acids is 1. The Morgan fingerprint density at radius 3 is 2.50 bits per heavy atom. The number of sulfone groups is 1. The van der Waals surface area contributed by atoms with Gasteiger partial charge in [-0.2, -0.15) is 0 Å². The number of nitrogens with one attached hydrogen (secondary N) is 1. The number of rotatable bonds is 10. The number of benzene rings is 2. The molecule has 0 aliphatic carbocycles.